The van der Waals surface area contributed by atoms with Crippen molar-refractivity contribution in [3.05, 3.63) is 82.1 Å². The second-order valence-corrected chi connectivity index (χ2v) is 8.18. The lowest BCUT2D eigenvalue weighted by molar-refractivity contribution is 0.630. The summed E-state index contributed by atoms with van der Waals surface area (Å²) in [7, 11) is 1.87. The molecule has 8 nitrogen and oxygen atoms in total. The van der Waals surface area contributed by atoms with E-state index in [4.69, 9.17) is 10.7 Å². The van der Waals surface area contributed by atoms with Crippen LogP contribution in [0.2, 0.25) is 0 Å². The van der Waals surface area contributed by atoms with Crippen LogP contribution in [0.1, 0.15) is 5.69 Å². The maximum absolute atomic E-state index is 13.3. The largest absolute Gasteiger partial charge is 0.383 e. The van der Waals surface area contributed by atoms with Gasteiger partial charge in [-0.3, -0.25) is 14.6 Å². The topological polar surface area (TPSA) is 107 Å². The van der Waals surface area contributed by atoms with Crippen molar-refractivity contribution in [3.8, 4) is 27.5 Å². The van der Waals surface area contributed by atoms with Crippen LogP contribution in [-0.4, -0.2) is 24.5 Å². The number of thiazole rings is 1. The first-order valence-corrected chi connectivity index (χ1v) is 10.9. The number of nitrogen functional groups attached to an aromatic ring is 1. The molecule has 0 aliphatic carbocycles. The normalized spacial score (nSPS) is 11.1. The van der Waals surface area contributed by atoms with E-state index < -0.39 is 0 Å². The lowest BCUT2D eigenvalue weighted by Crippen LogP contribution is -2.20. The van der Waals surface area contributed by atoms with E-state index in [2.05, 4.69) is 15.5 Å². The summed E-state index contributed by atoms with van der Waals surface area (Å²) in [5.74, 6) is 0.997. The zero-order chi connectivity index (χ0) is 22.2. The molecule has 0 fully saturated rings. The number of anilines is 3. The molecule has 0 unspecified atom stereocenters. The van der Waals surface area contributed by atoms with E-state index in [1.807, 2.05) is 84.7 Å². The van der Waals surface area contributed by atoms with Crippen LogP contribution >= 0.6 is 11.3 Å². The monoisotopic (exact) mass is 443 g/mol. The van der Waals surface area contributed by atoms with E-state index in [-0.39, 0.29) is 5.56 Å². The number of para-hydroxylation sites is 2. The second-order valence-electron chi connectivity index (χ2n) is 7.33. The summed E-state index contributed by atoms with van der Waals surface area (Å²) >= 11 is 1.42. The highest BCUT2D eigenvalue weighted by Crippen LogP contribution is 2.37. The number of rotatable bonds is 5. The molecule has 0 radical (unpaired) electrons. The van der Waals surface area contributed by atoms with E-state index >= 15 is 0 Å². The van der Waals surface area contributed by atoms with Gasteiger partial charge in [0.05, 0.1) is 22.5 Å². The number of aromatic amines is 1. The van der Waals surface area contributed by atoms with E-state index in [0.29, 0.717) is 33.5 Å². The second kappa shape index (κ2) is 7.86. The Labute approximate surface area is 188 Å². The molecule has 3 heterocycles. The maximum atomic E-state index is 13.3. The fourth-order valence-corrected chi connectivity index (χ4v) is 4.56. The Morgan fingerprint density at radius 1 is 1.03 bits per heavy atom. The molecule has 2 aromatic carbocycles. The summed E-state index contributed by atoms with van der Waals surface area (Å²) in [6.07, 6.45) is 0. The van der Waals surface area contributed by atoms with Crippen molar-refractivity contribution in [1.82, 2.24) is 24.5 Å². The number of nitrogens with one attached hydrogen (secondary N) is 2. The molecule has 160 valence electrons. The third-order valence-electron chi connectivity index (χ3n) is 5.36. The molecule has 0 aliphatic heterocycles. The van der Waals surface area contributed by atoms with Gasteiger partial charge < -0.3 is 11.1 Å². The standard InChI is InChI=1S/C23H21N7OS/c1-14-18(23(31)30(29(14)2)16-11-7-4-8-12-16)17-13-32-22(26-17)19-20(24)27-28-21(19)25-15-9-5-3-6-10-15/h3-13H,1-2H3,(H4,24,25,27,28). The molecule has 5 aromatic rings. The Bertz CT molecular complexity index is 1450. The molecular formula is C23H21N7OS. The molecule has 5 rings (SSSR count). The van der Waals surface area contributed by atoms with Crippen LogP contribution in [-0.2, 0) is 7.05 Å². The minimum atomic E-state index is -0.115. The van der Waals surface area contributed by atoms with Crippen LogP contribution < -0.4 is 16.6 Å². The summed E-state index contributed by atoms with van der Waals surface area (Å²) < 4.78 is 3.50. The van der Waals surface area contributed by atoms with Crippen LogP contribution in [0.25, 0.3) is 27.5 Å². The molecule has 0 amide bonds. The third-order valence-corrected chi connectivity index (χ3v) is 6.22. The molecule has 0 atom stereocenters. The minimum absolute atomic E-state index is 0.115. The van der Waals surface area contributed by atoms with Gasteiger partial charge in [-0.15, -0.1) is 11.3 Å². The van der Waals surface area contributed by atoms with Gasteiger partial charge in [0.15, 0.2) is 5.82 Å². The summed E-state index contributed by atoms with van der Waals surface area (Å²) in [6.45, 7) is 1.92. The average Bonchev–Trinajstić information content (AvgIpc) is 3.47. The van der Waals surface area contributed by atoms with Crippen molar-refractivity contribution in [2.45, 2.75) is 6.92 Å². The highest BCUT2D eigenvalue weighted by molar-refractivity contribution is 7.13. The van der Waals surface area contributed by atoms with Crippen molar-refractivity contribution in [2.75, 3.05) is 11.1 Å². The Morgan fingerprint density at radius 3 is 2.44 bits per heavy atom. The van der Waals surface area contributed by atoms with Gasteiger partial charge in [0.1, 0.15) is 10.8 Å². The molecule has 0 saturated carbocycles. The van der Waals surface area contributed by atoms with Gasteiger partial charge in [-0.05, 0) is 31.2 Å². The molecule has 0 bridgehead atoms. The number of H-pyrrole nitrogens is 1. The van der Waals surface area contributed by atoms with Crippen LogP contribution in [0.4, 0.5) is 17.3 Å². The molecule has 0 spiro atoms. The number of benzene rings is 2. The minimum Gasteiger partial charge on any atom is -0.383 e. The van der Waals surface area contributed by atoms with Gasteiger partial charge in [-0.25, -0.2) is 9.67 Å². The van der Waals surface area contributed by atoms with Gasteiger partial charge >= 0.3 is 0 Å². The van der Waals surface area contributed by atoms with E-state index in [0.717, 1.165) is 17.1 Å². The summed E-state index contributed by atoms with van der Waals surface area (Å²) in [5, 5.41) is 13.0. The predicted octanol–water partition coefficient (Wildman–Crippen LogP) is 4.32. The number of aromatic nitrogens is 5. The first-order chi connectivity index (χ1) is 15.5. The number of hydrogen-bond donors (Lipinski definition) is 3. The first-order valence-electron chi connectivity index (χ1n) is 10.0. The Balaban J connectivity index is 1.57. The third kappa shape index (κ3) is 3.28. The Morgan fingerprint density at radius 2 is 1.72 bits per heavy atom. The van der Waals surface area contributed by atoms with Crippen molar-refractivity contribution in [3.63, 3.8) is 0 Å². The van der Waals surface area contributed by atoms with Crippen LogP contribution in [0.3, 0.4) is 0 Å². The molecular weight excluding hydrogens is 422 g/mol. The van der Waals surface area contributed by atoms with Gasteiger partial charge in [-0.2, -0.15) is 5.10 Å². The van der Waals surface area contributed by atoms with Crippen molar-refractivity contribution in [1.29, 1.82) is 0 Å². The predicted molar refractivity (Wildman–Crippen MR) is 129 cm³/mol. The highest BCUT2D eigenvalue weighted by atomic mass is 32.1. The molecule has 3 aromatic heterocycles. The number of nitrogens with two attached hydrogens (primary N) is 1. The van der Waals surface area contributed by atoms with Crippen LogP contribution in [0.15, 0.2) is 70.8 Å². The lowest BCUT2D eigenvalue weighted by Gasteiger charge is -2.07. The molecule has 4 N–H and O–H groups in total. The summed E-state index contributed by atoms with van der Waals surface area (Å²) in [4.78, 5) is 18.1. The first kappa shape index (κ1) is 19.8. The van der Waals surface area contributed by atoms with Crippen molar-refractivity contribution >= 4 is 28.7 Å². The quantitative estimate of drug-likeness (QED) is 0.375. The average molecular weight is 444 g/mol. The zero-order valence-corrected chi connectivity index (χ0v) is 18.4. The Hall–Kier alpha value is -4.11. The van der Waals surface area contributed by atoms with Gasteiger partial charge in [0.25, 0.3) is 5.56 Å². The highest BCUT2D eigenvalue weighted by Gasteiger charge is 2.22. The van der Waals surface area contributed by atoms with Gasteiger partial charge in [-0.1, -0.05) is 36.4 Å². The van der Waals surface area contributed by atoms with Crippen molar-refractivity contribution < 1.29 is 0 Å². The van der Waals surface area contributed by atoms with Gasteiger partial charge in [0, 0.05) is 23.8 Å². The SMILES string of the molecule is Cc1c(-c2csc(-c3c(Nc4ccccc4)n[nH]c3N)n2)c(=O)n(-c2ccccc2)n1C. The fraction of sp³-hybridized carbons (Fsp3) is 0.0870. The summed E-state index contributed by atoms with van der Waals surface area (Å²) in [5.41, 5.74) is 10.5. The van der Waals surface area contributed by atoms with Crippen molar-refractivity contribution in [2.24, 2.45) is 7.05 Å². The van der Waals surface area contributed by atoms with E-state index in [1.54, 1.807) is 4.68 Å². The van der Waals surface area contributed by atoms with E-state index in [9.17, 15) is 4.79 Å². The number of hydrogen-bond acceptors (Lipinski definition) is 6. The van der Waals surface area contributed by atoms with Crippen LogP contribution in [0.5, 0.6) is 0 Å². The molecule has 0 aliphatic rings. The van der Waals surface area contributed by atoms with Gasteiger partial charge in [0.2, 0.25) is 0 Å². The fourth-order valence-electron chi connectivity index (χ4n) is 3.69. The van der Waals surface area contributed by atoms with Crippen LogP contribution in [0, 0.1) is 6.92 Å². The number of nitrogens with zero attached hydrogens (tertiary/aromatic N) is 4. The smallest absolute Gasteiger partial charge is 0.281 e. The Kier molecular flexibility index (Phi) is 4.87. The summed E-state index contributed by atoms with van der Waals surface area (Å²) in [6, 6.07) is 19.3. The molecule has 32 heavy (non-hydrogen) atoms. The molecule has 9 heteroatoms. The zero-order valence-electron chi connectivity index (χ0n) is 17.5. The lowest BCUT2D eigenvalue weighted by atomic mass is 10.2. The maximum Gasteiger partial charge on any atom is 0.281 e. The van der Waals surface area contributed by atoms with E-state index in [1.165, 1.54) is 11.3 Å². The molecule has 0 saturated heterocycles.